The number of rotatable bonds is 4. The van der Waals surface area contributed by atoms with Crippen LogP contribution < -0.4 is 9.64 Å². The summed E-state index contributed by atoms with van der Waals surface area (Å²) in [6.45, 7) is 6.80. The van der Waals surface area contributed by atoms with Crippen molar-refractivity contribution in [2.45, 2.75) is 38.6 Å². The Kier molecular flexibility index (Phi) is 5.45. The molecule has 0 aromatic heterocycles. The van der Waals surface area contributed by atoms with Crippen molar-refractivity contribution in [3.05, 3.63) is 53.1 Å². The van der Waals surface area contributed by atoms with Gasteiger partial charge >= 0.3 is 5.97 Å². The van der Waals surface area contributed by atoms with E-state index in [2.05, 4.69) is 49.8 Å². The van der Waals surface area contributed by atoms with Crippen LogP contribution >= 0.6 is 0 Å². The van der Waals surface area contributed by atoms with Crippen LogP contribution in [-0.4, -0.2) is 39.0 Å². The standard InChI is InChI=1S/C23H28N2O3/c1-15-13-23(2,3)25(4)20-12-21(27-5)17(11-19(15)20)14-24-18-9-7-8-16(10-18)22(26)28-6/h7-12,14-15H,13H2,1-6H3. The second-order valence-corrected chi connectivity index (χ2v) is 7.93. The quantitative estimate of drug-likeness (QED) is 0.556. The SMILES string of the molecule is COC(=O)c1cccc(N=Cc2cc3c(cc2OC)N(C)C(C)(C)CC3C)c1. The van der Waals surface area contributed by atoms with Crippen molar-refractivity contribution >= 4 is 23.6 Å². The van der Waals surface area contributed by atoms with Gasteiger partial charge in [0.05, 0.1) is 25.5 Å². The summed E-state index contributed by atoms with van der Waals surface area (Å²) in [6, 6.07) is 11.3. The van der Waals surface area contributed by atoms with Gasteiger partial charge in [-0.2, -0.15) is 0 Å². The Morgan fingerprint density at radius 3 is 2.68 bits per heavy atom. The smallest absolute Gasteiger partial charge is 0.337 e. The van der Waals surface area contributed by atoms with Crippen LogP contribution in [0.2, 0.25) is 0 Å². The fourth-order valence-corrected chi connectivity index (χ4v) is 3.86. The Morgan fingerprint density at radius 1 is 1.25 bits per heavy atom. The molecule has 0 aliphatic carbocycles. The number of anilines is 1. The lowest BCUT2D eigenvalue weighted by atomic mass is 9.80. The number of hydrogen-bond donors (Lipinski definition) is 0. The molecular formula is C23H28N2O3. The van der Waals surface area contributed by atoms with E-state index in [4.69, 9.17) is 9.47 Å². The predicted octanol–water partition coefficient (Wildman–Crippen LogP) is 4.95. The highest BCUT2D eigenvalue weighted by atomic mass is 16.5. The van der Waals surface area contributed by atoms with Crippen LogP contribution in [-0.2, 0) is 4.74 Å². The third-order valence-electron chi connectivity index (χ3n) is 5.60. The van der Waals surface area contributed by atoms with Crippen LogP contribution in [0.1, 0.15) is 54.6 Å². The lowest BCUT2D eigenvalue weighted by molar-refractivity contribution is 0.0601. The van der Waals surface area contributed by atoms with Crippen LogP contribution in [0, 0.1) is 0 Å². The maximum Gasteiger partial charge on any atom is 0.337 e. The van der Waals surface area contributed by atoms with Crippen molar-refractivity contribution in [1.82, 2.24) is 0 Å². The number of carbonyl (C=O) groups is 1. The fraction of sp³-hybridized carbons (Fsp3) is 0.391. The van der Waals surface area contributed by atoms with Gasteiger partial charge in [0, 0.05) is 36.1 Å². The summed E-state index contributed by atoms with van der Waals surface area (Å²) in [7, 11) is 5.18. The first-order valence-corrected chi connectivity index (χ1v) is 9.45. The molecule has 0 spiro atoms. The van der Waals surface area contributed by atoms with Gasteiger partial charge < -0.3 is 14.4 Å². The average molecular weight is 380 g/mol. The minimum atomic E-state index is -0.372. The number of hydrogen-bond acceptors (Lipinski definition) is 5. The number of ether oxygens (including phenoxy) is 2. The largest absolute Gasteiger partial charge is 0.496 e. The highest BCUT2D eigenvalue weighted by Gasteiger charge is 2.34. The van der Waals surface area contributed by atoms with E-state index < -0.39 is 0 Å². The van der Waals surface area contributed by atoms with Gasteiger partial charge in [0.2, 0.25) is 0 Å². The van der Waals surface area contributed by atoms with Gasteiger partial charge in [-0.3, -0.25) is 4.99 Å². The maximum atomic E-state index is 11.7. The molecule has 1 aliphatic rings. The molecule has 1 unspecified atom stereocenters. The molecule has 3 rings (SSSR count). The lowest BCUT2D eigenvalue weighted by Gasteiger charge is -2.45. The fourth-order valence-electron chi connectivity index (χ4n) is 3.86. The Labute approximate surface area is 167 Å². The first-order chi connectivity index (χ1) is 13.3. The van der Waals surface area contributed by atoms with Crippen LogP contribution in [0.25, 0.3) is 0 Å². The van der Waals surface area contributed by atoms with E-state index in [1.54, 1.807) is 31.5 Å². The molecule has 1 atom stereocenters. The number of nitrogens with zero attached hydrogens (tertiary/aromatic N) is 2. The van der Waals surface area contributed by atoms with Gasteiger partial charge in [0.1, 0.15) is 5.75 Å². The zero-order chi connectivity index (χ0) is 20.5. The number of methoxy groups -OCH3 is 2. The minimum Gasteiger partial charge on any atom is -0.496 e. The molecule has 0 saturated carbocycles. The van der Waals surface area contributed by atoms with Gasteiger partial charge in [-0.25, -0.2) is 4.79 Å². The number of carbonyl (C=O) groups excluding carboxylic acids is 1. The average Bonchev–Trinajstić information content (AvgIpc) is 2.69. The third kappa shape index (κ3) is 3.75. The zero-order valence-corrected chi connectivity index (χ0v) is 17.4. The van der Waals surface area contributed by atoms with E-state index in [9.17, 15) is 4.79 Å². The summed E-state index contributed by atoms with van der Waals surface area (Å²) in [5.74, 6) is 0.855. The van der Waals surface area contributed by atoms with Gasteiger partial charge in [-0.05, 0) is 56.0 Å². The third-order valence-corrected chi connectivity index (χ3v) is 5.60. The van der Waals surface area contributed by atoms with Crippen LogP contribution in [0.15, 0.2) is 41.4 Å². The number of benzene rings is 2. The van der Waals surface area contributed by atoms with E-state index in [0.29, 0.717) is 17.2 Å². The summed E-state index contributed by atoms with van der Waals surface area (Å²) < 4.78 is 10.4. The number of esters is 1. The second-order valence-electron chi connectivity index (χ2n) is 7.93. The van der Waals surface area contributed by atoms with Crippen molar-refractivity contribution < 1.29 is 14.3 Å². The van der Waals surface area contributed by atoms with Gasteiger partial charge in [-0.1, -0.05) is 13.0 Å². The van der Waals surface area contributed by atoms with Crippen molar-refractivity contribution in [3.8, 4) is 5.75 Å². The summed E-state index contributed by atoms with van der Waals surface area (Å²) >= 11 is 0. The zero-order valence-electron chi connectivity index (χ0n) is 17.4. The molecule has 0 amide bonds. The van der Waals surface area contributed by atoms with Crippen molar-refractivity contribution in [3.63, 3.8) is 0 Å². The summed E-state index contributed by atoms with van der Waals surface area (Å²) in [6.07, 6.45) is 2.88. The van der Waals surface area contributed by atoms with E-state index >= 15 is 0 Å². The highest BCUT2D eigenvalue weighted by molar-refractivity contribution is 5.91. The van der Waals surface area contributed by atoms with Crippen molar-refractivity contribution in [2.24, 2.45) is 4.99 Å². The van der Waals surface area contributed by atoms with Gasteiger partial charge in [-0.15, -0.1) is 0 Å². The topological polar surface area (TPSA) is 51.1 Å². The molecule has 0 saturated heterocycles. The Hall–Kier alpha value is -2.82. The lowest BCUT2D eigenvalue weighted by Crippen LogP contribution is -2.45. The molecule has 2 aromatic rings. The van der Waals surface area contributed by atoms with Crippen molar-refractivity contribution in [2.75, 3.05) is 26.2 Å². The van der Waals surface area contributed by atoms with Gasteiger partial charge in [0.15, 0.2) is 0 Å². The van der Waals surface area contributed by atoms with Crippen LogP contribution in [0.5, 0.6) is 5.75 Å². The number of fused-ring (bicyclic) bond motifs is 1. The molecule has 148 valence electrons. The Balaban J connectivity index is 1.99. The maximum absolute atomic E-state index is 11.7. The molecule has 1 aliphatic heterocycles. The Morgan fingerprint density at radius 2 is 2.00 bits per heavy atom. The molecular weight excluding hydrogens is 352 g/mol. The molecule has 0 bridgehead atoms. The molecule has 0 N–H and O–H groups in total. The summed E-state index contributed by atoms with van der Waals surface area (Å²) in [5.41, 5.74) is 4.69. The molecule has 0 fully saturated rings. The molecule has 2 aromatic carbocycles. The Bertz CT molecular complexity index is 918. The summed E-state index contributed by atoms with van der Waals surface area (Å²) in [5, 5.41) is 0. The molecule has 0 radical (unpaired) electrons. The summed E-state index contributed by atoms with van der Waals surface area (Å²) in [4.78, 5) is 18.6. The predicted molar refractivity (Wildman–Crippen MR) is 114 cm³/mol. The van der Waals surface area contributed by atoms with E-state index in [-0.39, 0.29) is 11.5 Å². The second kappa shape index (κ2) is 7.66. The van der Waals surface area contributed by atoms with Crippen LogP contribution in [0.3, 0.4) is 0 Å². The van der Waals surface area contributed by atoms with Crippen molar-refractivity contribution in [1.29, 1.82) is 0 Å². The first-order valence-electron chi connectivity index (χ1n) is 9.45. The molecule has 5 nitrogen and oxygen atoms in total. The molecule has 28 heavy (non-hydrogen) atoms. The monoisotopic (exact) mass is 380 g/mol. The molecule has 5 heteroatoms. The van der Waals surface area contributed by atoms with E-state index in [1.165, 1.54) is 18.4 Å². The minimum absolute atomic E-state index is 0.0986. The highest BCUT2D eigenvalue weighted by Crippen LogP contribution is 2.44. The molecule has 1 heterocycles. The van der Waals surface area contributed by atoms with E-state index in [1.807, 2.05) is 6.07 Å². The normalized spacial score (nSPS) is 18.1. The van der Waals surface area contributed by atoms with E-state index in [0.717, 1.165) is 17.7 Å². The van der Waals surface area contributed by atoms with Crippen LogP contribution in [0.4, 0.5) is 11.4 Å². The van der Waals surface area contributed by atoms with Gasteiger partial charge in [0.25, 0.3) is 0 Å². The first kappa shape index (κ1) is 19.9. The number of aliphatic imine (C=N–C) groups is 1.